The molecule has 1 saturated heterocycles. The molecule has 1 heterocycles. The van der Waals surface area contributed by atoms with Gasteiger partial charge >= 0.3 is 0 Å². The Kier molecular flexibility index (Phi) is 7.73. The largest absolute Gasteiger partial charge is 0.494 e. The molecule has 1 aliphatic heterocycles. The highest BCUT2D eigenvalue weighted by Gasteiger charge is 2.29. The van der Waals surface area contributed by atoms with Gasteiger partial charge in [-0.2, -0.15) is 5.10 Å². The predicted molar refractivity (Wildman–Crippen MR) is 121 cm³/mol. The minimum Gasteiger partial charge on any atom is -0.494 e. The second-order valence-corrected chi connectivity index (χ2v) is 7.27. The minimum absolute atomic E-state index is 0.0288. The van der Waals surface area contributed by atoms with Crippen molar-refractivity contribution in [3.63, 3.8) is 0 Å². The lowest BCUT2D eigenvalue weighted by Gasteiger charge is -2.15. The SMILES string of the molecule is CCCOc1ccc(N2C(=O)CS/C2=N\N=C\c2ccc(OCC)c(OC)c2)cc1. The van der Waals surface area contributed by atoms with Crippen molar-refractivity contribution in [1.82, 2.24) is 0 Å². The monoisotopic (exact) mass is 427 g/mol. The zero-order valence-electron chi connectivity index (χ0n) is 17.3. The Morgan fingerprint density at radius 3 is 2.60 bits per heavy atom. The van der Waals surface area contributed by atoms with Crippen molar-refractivity contribution in [2.75, 3.05) is 31.0 Å². The molecule has 158 valence electrons. The van der Waals surface area contributed by atoms with Gasteiger partial charge in [0.25, 0.3) is 0 Å². The van der Waals surface area contributed by atoms with Gasteiger partial charge in [-0.15, -0.1) is 5.10 Å². The van der Waals surface area contributed by atoms with E-state index < -0.39 is 0 Å². The molecule has 0 bridgehead atoms. The van der Waals surface area contributed by atoms with E-state index in [0.29, 0.717) is 35.6 Å². The molecule has 3 rings (SSSR count). The molecule has 8 heteroatoms. The molecule has 1 fully saturated rings. The van der Waals surface area contributed by atoms with Gasteiger partial charge in [-0.05, 0) is 61.4 Å². The fourth-order valence-corrected chi connectivity index (χ4v) is 3.61. The fraction of sp³-hybridized carbons (Fsp3) is 0.318. The number of nitrogens with zero attached hydrogens (tertiary/aromatic N) is 3. The maximum absolute atomic E-state index is 12.4. The summed E-state index contributed by atoms with van der Waals surface area (Å²) in [5, 5.41) is 8.97. The van der Waals surface area contributed by atoms with Crippen LogP contribution in [0.3, 0.4) is 0 Å². The number of amidine groups is 1. The Bertz CT molecular complexity index is 928. The van der Waals surface area contributed by atoms with Gasteiger partial charge < -0.3 is 14.2 Å². The van der Waals surface area contributed by atoms with Crippen LogP contribution in [0.2, 0.25) is 0 Å². The average molecular weight is 428 g/mol. The van der Waals surface area contributed by atoms with E-state index in [1.807, 2.05) is 49.4 Å². The number of hydrogen-bond donors (Lipinski definition) is 0. The van der Waals surface area contributed by atoms with E-state index in [0.717, 1.165) is 23.4 Å². The molecule has 0 N–H and O–H groups in total. The van der Waals surface area contributed by atoms with Gasteiger partial charge in [-0.1, -0.05) is 18.7 Å². The topological polar surface area (TPSA) is 72.7 Å². The molecule has 0 aromatic heterocycles. The van der Waals surface area contributed by atoms with Crippen LogP contribution < -0.4 is 19.1 Å². The number of ether oxygens (including phenoxy) is 3. The molecule has 1 aliphatic rings. The van der Waals surface area contributed by atoms with Crippen molar-refractivity contribution < 1.29 is 19.0 Å². The Hall–Kier alpha value is -3.00. The third-order valence-corrected chi connectivity index (χ3v) is 5.08. The molecule has 2 aromatic rings. The van der Waals surface area contributed by atoms with Crippen molar-refractivity contribution in [3.8, 4) is 17.2 Å². The highest BCUT2D eigenvalue weighted by molar-refractivity contribution is 8.15. The number of thioether (sulfide) groups is 1. The molecule has 7 nitrogen and oxygen atoms in total. The van der Waals surface area contributed by atoms with Crippen molar-refractivity contribution in [2.45, 2.75) is 20.3 Å². The molecule has 30 heavy (non-hydrogen) atoms. The molecule has 1 amide bonds. The van der Waals surface area contributed by atoms with Crippen molar-refractivity contribution >= 4 is 34.7 Å². The van der Waals surface area contributed by atoms with Crippen LogP contribution in [-0.2, 0) is 4.79 Å². The maximum atomic E-state index is 12.4. The van der Waals surface area contributed by atoms with Crippen molar-refractivity contribution in [3.05, 3.63) is 48.0 Å². The number of rotatable bonds is 9. The highest BCUT2D eigenvalue weighted by atomic mass is 32.2. The number of carbonyl (C=O) groups excluding carboxylic acids is 1. The van der Waals surface area contributed by atoms with Gasteiger partial charge in [-0.25, -0.2) is 0 Å². The van der Waals surface area contributed by atoms with Crippen LogP contribution in [-0.4, -0.2) is 43.4 Å². The van der Waals surface area contributed by atoms with Crippen LogP contribution in [0.1, 0.15) is 25.8 Å². The predicted octanol–water partition coefficient (Wildman–Crippen LogP) is 4.35. The van der Waals surface area contributed by atoms with Crippen LogP contribution >= 0.6 is 11.8 Å². The van der Waals surface area contributed by atoms with E-state index in [1.54, 1.807) is 18.2 Å². The van der Waals surface area contributed by atoms with Crippen LogP contribution in [0.4, 0.5) is 5.69 Å². The Labute approximate surface area is 180 Å². The van der Waals surface area contributed by atoms with Crippen LogP contribution in [0.25, 0.3) is 0 Å². The van der Waals surface area contributed by atoms with Gasteiger partial charge in [0.2, 0.25) is 5.91 Å². The summed E-state index contributed by atoms with van der Waals surface area (Å²) in [6.07, 6.45) is 2.56. The number of amides is 1. The Balaban J connectivity index is 1.75. The van der Waals surface area contributed by atoms with Crippen molar-refractivity contribution in [1.29, 1.82) is 0 Å². The van der Waals surface area contributed by atoms with E-state index in [2.05, 4.69) is 17.1 Å². The number of hydrogen-bond acceptors (Lipinski definition) is 7. The molecule has 2 aromatic carbocycles. The number of anilines is 1. The highest BCUT2D eigenvalue weighted by Crippen LogP contribution is 2.29. The summed E-state index contributed by atoms with van der Waals surface area (Å²) >= 11 is 1.36. The van der Waals surface area contributed by atoms with Gasteiger partial charge in [-0.3, -0.25) is 9.69 Å². The molecule has 0 spiro atoms. The third-order valence-electron chi connectivity index (χ3n) is 4.17. The first-order chi connectivity index (χ1) is 14.7. The zero-order valence-corrected chi connectivity index (χ0v) is 18.1. The van der Waals surface area contributed by atoms with Gasteiger partial charge in [0, 0.05) is 0 Å². The number of carbonyl (C=O) groups is 1. The fourth-order valence-electron chi connectivity index (χ4n) is 2.79. The molecule has 0 unspecified atom stereocenters. The second-order valence-electron chi connectivity index (χ2n) is 6.33. The van der Waals surface area contributed by atoms with Gasteiger partial charge in [0.05, 0.1) is 38.0 Å². The summed E-state index contributed by atoms with van der Waals surface area (Å²) in [4.78, 5) is 13.9. The van der Waals surface area contributed by atoms with E-state index in [9.17, 15) is 4.79 Å². The Morgan fingerprint density at radius 1 is 1.10 bits per heavy atom. The molecule has 0 aliphatic carbocycles. The van der Waals surface area contributed by atoms with Crippen LogP contribution in [0.5, 0.6) is 17.2 Å². The minimum atomic E-state index is -0.0288. The van der Waals surface area contributed by atoms with E-state index in [4.69, 9.17) is 14.2 Å². The Morgan fingerprint density at radius 2 is 1.90 bits per heavy atom. The summed E-state index contributed by atoms with van der Waals surface area (Å²) in [7, 11) is 1.59. The summed E-state index contributed by atoms with van der Waals surface area (Å²) < 4.78 is 16.5. The third kappa shape index (κ3) is 5.33. The quantitative estimate of drug-likeness (QED) is 0.439. The van der Waals surface area contributed by atoms with E-state index >= 15 is 0 Å². The first-order valence-electron chi connectivity index (χ1n) is 9.76. The molecular weight excluding hydrogens is 402 g/mol. The normalized spacial score (nSPS) is 15.2. The molecule has 0 radical (unpaired) electrons. The smallest absolute Gasteiger partial charge is 0.243 e. The van der Waals surface area contributed by atoms with Crippen molar-refractivity contribution in [2.24, 2.45) is 10.2 Å². The molecule has 0 saturated carbocycles. The lowest BCUT2D eigenvalue weighted by atomic mass is 10.2. The van der Waals surface area contributed by atoms with E-state index in [-0.39, 0.29) is 5.91 Å². The summed E-state index contributed by atoms with van der Waals surface area (Å²) in [6.45, 7) is 5.20. The van der Waals surface area contributed by atoms with Crippen LogP contribution in [0.15, 0.2) is 52.7 Å². The summed E-state index contributed by atoms with van der Waals surface area (Å²) in [5.41, 5.74) is 1.56. The summed E-state index contributed by atoms with van der Waals surface area (Å²) in [5.74, 6) is 2.39. The number of benzene rings is 2. The molecular formula is C22H25N3O4S. The van der Waals surface area contributed by atoms with Crippen LogP contribution in [0, 0.1) is 0 Å². The van der Waals surface area contributed by atoms with E-state index in [1.165, 1.54) is 11.8 Å². The first-order valence-corrected chi connectivity index (χ1v) is 10.7. The standard InChI is InChI=1S/C22H25N3O4S/c1-4-12-29-18-9-7-17(8-10-18)25-21(26)15-30-22(25)24-23-14-16-6-11-19(28-5-2)20(13-16)27-3/h6-11,13-14H,4-5,12,15H2,1-3H3/b23-14+,24-22-. The average Bonchev–Trinajstić information content (AvgIpc) is 3.14. The molecule has 0 atom stereocenters. The lowest BCUT2D eigenvalue weighted by Crippen LogP contribution is -2.28. The summed E-state index contributed by atoms with van der Waals surface area (Å²) in [6, 6.07) is 12.9. The maximum Gasteiger partial charge on any atom is 0.243 e. The first kappa shape index (κ1) is 21.7. The van der Waals surface area contributed by atoms with Gasteiger partial charge in [0.1, 0.15) is 5.75 Å². The second kappa shape index (κ2) is 10.7. The zero-order chi connectivity index (χ0) is 21.3. The number of methoxy groups -OCH3 is 1. The van der Waals surface area contributed by atoms with Gasteiger partial charge in [0.15, 0.2) is 16.7 Å². The lowest BCUT2D eigenvalue weighted by molar-refractivity contribution is -0.115.